The minimum absolute atomic E-state index is 0.0751. The van der Waals surface area contributed by atoms with Crippen LogP contribution in [0, 0.1) is 10.1 Å². The number of piperidine rings is 1. The van der Waals surface area contributed by atoms with E-state index in [0.29, 0.717) is 13.1 Å². The van der Waals surface area contributed by atoms with Crippen LogP contribution in [0.15, 0.2) is 36.7 Å². The molecule has 1 aromatic carbocycles. The first kappa shape index (κ1) is 16.8. The van der Waals surface area contributed by atoms with Crippen LogP contribution in [-0.4, -0.2) is 39.1 Å². The average Bonchev–Trinajstić information content (AvgIpc) is 2.67. The highest BCUT2D eigenvalue weighted by molar-refractivity contribution is 6.01. The lowest BCUT2D eigenvalue weighted by molar-refractivity contribution is -0.384. The molecule has 2 heterocycles. The van der Waals surface area contributed by atoms with E-state index >= 15 is 0 Å². The van der Waals surface area contributed by atoms with Crippen LogP contribution in [0.3, 0.4) is 0 Å². The quantitative estimate of drug-likeness (QED) is 0.494. The molecule has 0 spiro atoms. The van der Waals surface area contributed by atoms with Crippen LogP contribution in [-0.2, 0) is 0 Å². The molecule has 1 aromatic heterocycles. The Bertz CT molecular complexity index is 775. The van der Waals surface area contributed by atoms with Crippen LogP contribution in [0.25, 0.3) is 0 Å². The molecule has 1 amide bonds. The van der Waals surface area contributed by atoms with Gasteiger partial charge in [0, 0.05) is 37.5 Å². The lowest BCUT2D eigenvalue weighted by Crippen LogP contribution is -2.35. The lowest BCUT2D eigenvalue weighted by Gasteiger charge is -2.33. The first-order valence-electron chi connectivity index (χ1n) is 7.85. The summed E-state index contributed by atoms with van der Waals surface area (Å²) in [4.78, 5) is 33.1. The molecule has 0 bridgehead atoms. The van der Waals surface area contributed by atoms with E-state index in [9.17, 15) is 14.9 Å². The van der Waals surface area contributed by atoms with Crippen molar-refractivity contribution in [3.05, 3.63) is 58.2 Å². The van der Waals surface area contributed by atoms with Crippen molar-refractivity contribution in [1.29, 1.82) is 0 Å². The molecule has 0 radical (unpaired) electrons. The van der Waals surface area contributed by atoms with Gasteiger partial charge in [0.15, 0.2) is 0 Å². The highest BCUT2D eigenvalue weighted by Crippen LogP contribution is 2.36. The van der Waals surface area contributed by atoms with Gasteiger partial charge in [0.25, 0.3) is 11.6 Å². The van der Waals surface area contributed by atoms with Gasteiger partial charge in [-0.1, -0.05) is 6.07 Å². The fourth-order valence-corrected chi connectivity index (χ4v) is 3.14. The number of nitro benzene ring substituents is 1. The Morgan fingerprint density at radius 1 is 1.24 bits per heavy atom. The third kappa shape index (κ3) is 3.41. The van der Waals surface area contributed by atoms with E-state index in [1.165, 1.54) is 18.2 Å². The number of nitro groups is 1. The lowest BCUT2D eigenvalue weighted by atomic mass is 9.94. The molecule has 0 aliphatic carbocycles. The molecule has 1 aliphatic heterocycles. The number of hydrogen-bond donors (Lipinski definition) is 2. The normalized spacial score (nSPS) is 15.0. The molecule has 0 saturated carbocycles. The number of anilines is 1. The number of rotatable bonds is 4. The number of hydroxylamine groups is 1. The molecule has 2 N–H and O–H groups in total. The molecule has 9 nitrogen and oxygen atoms in total. The molecule has 130 valence electrons. The van der Waals surface area contributed by atoms with E-state index in [4.69, 9.17) is 5.21 Å². The number of carbonyl (C=O) groups excluding carboxylic acids is 1. The zero-order chi connectivity index (χ0) is 17.8. The number of benzene rings is 1. The van der Waals surface area contributed by atoms with Crippen molar-refractivity contribution >= 4 is 17.3 Å². The molecule has 3 rings (SSSR count). The second-order valence-corrected chi connectivity index (χ2v) is 5.74. The first-order valence-corrected chi connectivity index (χ1v) is 7.85. The Kier molecular flexibility index (Phi) is 4.85. The molecule has 1 aliphatic rings. The maximum atomic E-state index is 11.9. The minimum Gasteiger partial charge on any atom is -0.365 e. The molecular weight excluding hydrogens is 326 g/mol. The van der Waals surface area contributed by atoms with Gasteiger partial charge in [-0.05, 0) is 25.0 Å². The molecule has 0 unspecified atom stereocenters. The van der Waals surface area contributed by atoms with Crippen molar-refractivity contribution in [2.45, 2.75) is 18.8 Å². The van der Waals surface area contributed by atoms with Gasteiger partial charge in [-0.15, -0.1) is 0 Å². The van der Waals surface area contributed by atoms with Crippen molar-refractivity contribution in [2.24, 2.45) is 0 Å². The van der Waals surface area contributed by atoms with Crippen LogP contribution < -0.4 is 10.4 Å². The molecule has 9 heteroatoms. The van der Waals surface area contributed by atoms with Gasteiger partial charge in [0.2, 0.25) is 0 Å². The molecule has 25 heavy (non-hydrogen) atoms. The predicted molar refractivity (Wildman–Crippen MR) is 88.6 cm³/mol. The highest BCUT2D eigenvalue weighted by Gasteiger charge is 2.30. The molecule has 2 aromatic rings. The molecular formula is C16H17N5O4. The largest absolute Gasteiger partial charge is 0.365 e. The highest BCUT2D eigenvalue weighted by atomic mass is 16.6. The summed E-state index contributed by atoms with van der Waals surface area (Å²) in [6.07, 6.45) is 4.83. The number of nitrogens with zero attached hydrogens (tertiary/aromatic N) is 4. The van der Waals surface area contributed by atoms with Crippen molar-refractivity contribution < 1.29 is 14.9 Å². The number of nitrogens with one attached hydrogen (secondary N) is 1. The summed E-state index contributed by atoms with van der Waals surface area (Å²) in [5, 5.41) is 20.3. The monoisotopic (exact) mass is 343 g/mol. The smallest absolute Gasteiger partial charge is 0.293 e. The average molecular weight is 343 g/mol. The number of para-hydroxylation sites is 1. The first-order chi connectivity index (χ1) is 12.1. The van der Waals surface area contributed by atoms with Crippen molar-refractivity contribution in [3.63, 3.8) is 0 Å². The molecule has 1 saturated heterocycles. The van der Waals surface area contributed by atoms with E-state index in [1.54, 1.807) is 23.9 Å². The third-order valence-electron chi connectivity index (χ3n) is 4.32. The summed E-state index contributed by atoms with van der Waals surface area (Å²) in [7, 11) is 0. The van der Waals surface area contributed by atoms with Crippen LogP contribution in [0.1, 0.15) is 34.9 Å². The Labute approximate surface area is 143 Å². The summed E-state index contributed by atoms with van der Waals surface area (Å²) in [5.74, 6) is 0.167. The Morgan fingerprint density at radius 2 is 1.92 bits per heavy atom. The Hall–Kier alpha value is -3.07. The maximum absolute atomic E-state index is 11.9. The number of aromatic nitrogens is 2. The standard InChI is InChI=1S/C16H17N5O4/c22-16(19-23)12-3-1-4-13(21(24)25)14(12)20-9-5-11(6-10-20)15-17-7-2-8-18-15/h1-4,7-8,11,23H,5-6,9-10H2,(H,19,22). The van der Waals surface area contributed by atoms with Crippen LogP contribution >= 0.6 is 0 Å². The zero-order valence-electron chi connectivity index (χ0n) is 13.3. The van der Waals surface area contributed by atoms with Crippen molar-refractivity contribution in [1.82, 2.24) is 15.4 Å². The Balaban J connectivity index is 1.87. The predicted octanol–water partition coefficient (Wildman–Crippen LogP) is 1.89. The van der Waals surface area contributed by atoms with Crippen LogP contribution in [0.5, 0.6) is 0 Å². The van der Waals surface area contributed by atoms with Gasteiger partial charge >= 0.3 is 0 Å². The summed E-state index contributed by atoms with van der Waals surface area (Å²) in [5.41, 5.74) is 1.70. The number of carbonyl (C=O) groups is 1. The SMILES string of the molecule is O=C(NO)c1cccc([N+](=O)[O-])c1N1CCC(c2ncccn2)CC1. The van der Waals surface area contributed by atoms with Crippen LogP contribution in [0.4, 0.5) is 11.4 Å². The van der Waals surface area contributed by atoms with E-state index in [-0.39, 0.29) is 22.9 Å². The van der Waals surface area contributed by atoms with Gasteiger partial charge < -0.3 is 4.90 Å². The van der Waals surface area contributed by atoms with E-state index < -0.39 is 10.8 Å². The second kappa shape index (κ2) is 7.22. The van der Waals surface area contributed by atoms with E-state index in [0.717, 1.165) is 18.7 Å². The van der Waals surface area contributed by atoms with Crippen molar-refractivity contribution in [2.75, 3.05) is 18.0 Å². The molecule has 1 fully saturated rings. The van der Waals surface area contributed by atoms with Crippen molar-refractivity contribution in [3.8, 4) is 0 Å². The summed E-state index contributed by atoms with van der Waals surface area (Å²) in [6.45, 7) is 1.05. The van der Waals surface area contributed by atoms with Crippen LogP contribution in [0.2, 0.25) is 0 Å². The summed E-state index contributed by atoms with van der Waals surface area (Å²) >= 11 is 0. The van der Waals surface area contributed by atoms with Gasteiger partial charge in [-0.2, -0.15) is 0 Å². The fraction of sp³-hybridized carbons (Fsp3) is 0.312. The Morgan fingerprint density at radius 3 is 2.52 bits per heavy atom. The third-order valence-corrected chi connectivity index (χ3v) is 4.32. The van der Waals surface area contributed by atoms with E-state index in [2.05, 4.69) is 9.97 Å². The van der Waals surface area contributed by atoms with Gasteiger partial charge in [-0.3, -0.25) is 20.1 Å². The zero-order valence-corrected chi connectivity index (χ0v) is 13.3. The second-order valence-electron chi connectivity index (χ2n) is 5.74. The summed E-state index contributed by atoms with van der Waals surface area (Å²) in [6, 6.07) is 6.00. The number of amides is 1. The van der Waals surface area contributed by atoms with Gasteiger partial charge in [-0.25, -0.2) is 15.4 Å². The number of hydrogen-bond acceptors (Lipinski definition) is 7. The fourth-order valence-electron chi connectivity index (χ4n) is 3.14. The van der Waals surface area contributed by atoms with Gasteiger partial charge in [0.1, 0.15) is 11.5 Å². The van der Waals surface area contributed by atoms with E-state index in [1.807, 2.05) is 4.90 Å². The minimum atomic E-state index is -0.771. The maximum Gasteiger partial charge on any atom is 0.293 e. The summed E-state index contributed by atoms with van der Waals surface area (Å²) < 4.78 is 0. The molecule has 0 atom stereocenters. The van der Waals surface area contributed by atoms with Gasteiger partial charge in [0.05, 0.1) is 10.5 Å². The topological polar surface area (TPSA) is 121 Å².